The Hall–Kier alpha value is -1.63. The van der Waals surface area contributed by atoms with Crippen molar-refractivity contribution in [3.8, 4) is 6.01 Å². The molecule has 0 bridgehead atoms. The number of methoxy groups -OCH3 is 1. The van der Waals surface area contributed by atoms with Crippen molar-refractivity contribution in [3.05, 3.63) is 0 Å². The van der Waals surface area contributed by atoms with Gasteiger partial charge in [0, 0.05) is 26.7 Å². The number of anilines is 2. The molecule has 0 atom stereocenters. The van der Waals surface area contributed by atoms with Crippen LogP contribution in [0.25, 0.3) is 0 Å². The Morgan fingerprint density at radius 2 is 2.12 bits per heavy atom. The van der Waals surface area contributed by atoms with Crippen LogP contribution in [0.5, 0.6) is 6.01 Å². The molecule has 0 radical (unpaired) electrons. The minimum atomic E-state index is 0.324. The highest BCUT2D eigenvalue weighted by Gasteiger charge is 2.15. The molecule has 0 spiro atoms. The first-order valence-electron chi connectivity index (χ1n) is 5.64. The topological polar surface area (TPSA) is 72.4 Å². The standard InChI is InChI=1S/C10H17N5O2/c1-11-8-12-9(14-10(13-8)16-2)15-4-3-6-17-7-5-15/h3-7H2,1-2H3,(H,11,12,13,14). The maximum Gasteiger partial charge on any atom is 0.322 e. The minimum absolute atomic E-state index is 0.324. The molecule has 2 heterocycles. The second-order valence-corrected chi connectivity index (χ2v) is 3.65. The summed E-state index contributed by atoms with van der Waals surface area (Å²) in [5, 5.41) is 2.90. The summed E-state index contributed by atoms with van der Waals surface area (Å²) in [6.45, 7) is 3.16. The maximum absolute atomic E-state index is 5.40. The van der Waals surface area contributed by atoms with Crippen LogP contribution < -0.4 is 15.0 Å². The fourth-order valence-corrected chi connectivity index (χ4v) is 1.64. The Morgan fingerprint density at radius 1 is 1.24 bits per heavy atom. The Kier molecular flexibility index (Phi) is 3.92. The van der Waals surface area contributed by atoms with Gasteiger partial charge in [0.15, 0.2) is 0 Å². The van der Waals surface area contributed by atoms with E-state index in [1.54, 1.807) is 14.2 Å². The van der Waals surface area contributed by atoms with Crippen LogP contribution in [-0.4, -0.2) is 55.4 Å². The normalized spacial score (nSPS) is 16.5. The minimum Gasteiger partial charge on any atom is -0.467 e. The van der Waals surface area contributed by atoms with Gasteiger partial charge in [-0.1, -0.05) is 0 Å². The van der Waals surface area contributed by atoms with E-state index in [1.807, 2.05) is 0 Å². The molecule has 1 N–H and O–H groups in total. The lowest BCUT2D eigenvalue weighted by atomic mass is 10.4. The quantitative estimate of drug-likeness (QED) is 0.804. The monoisotopic (exact) mass is 239 g/mol. The van der Waals surface area contributed by atoms with Crippen molar-refractivity contribution in [2.24, 2.45) is 0 Å². The number of nitrogens with one attached hydrogen (secondary N) is 1. The maximum atomic E-state index is 5.40. The summed E-state index contributed by atoms with van der Waals surface area (Å²) in [6, 6.07) is 0.324. The van der Waals surface area contributed by atoms with E-state index in [0.717, 1.165) is 26.1 Å². The Morgan fingerprint density at radius 3 is 2.88 bits per heavy atom. The summed E-state index contributed by atoms with van der Waals surface area (Å²) in [6.07, 6.45) is 0.975. The molecular formula is C10H17N5O2. The van der Waals surface area contributed by atoms with Gasteiger partial charge in [-0.2, -0.15) is 15.0 Å². The second kappa shape index (κ2) is 5.62. The zero-order valence-corrected chi connectivity index (χ0v) is 10.1. The molecule has 0 amide bonds. The average molecular weight is 239 g/mol. The third-order valence-electron chi connectivity index (χ3n) is 2.51. The molecule has 0 saturated carbocycles. The first-order valence-corrected chi connectivity index (χ1v) is 5.64. The van der Waals surface area contributed by atoms with Crippen molar-refractivity contribution in [1.82, 2.24) is 15.0 Å². The molecule has 1 fully saturated rings. The van der Waals surface area contributed by atoms with Crippen molar-refractivity contribution < 1.29 is 9.47 Å². The lowest BCUT2D eigenvalue weighted by Gasteiger charge is -2.19. The molecule has 2 rings (SSSR count). The van der Waals surface area contributed by atoms with Crippen molar-refractivity contribution in [2.75, 3.05) is 50.7 Å². The summed E-state index contributed by atoms with van der Waals surface area (Å²) in [5.41, 5.74) is 0. The number of nitrogens with zero attached hydrogens (tertiary/aromatic N) is 4. The van der Waals surface area contributed by atoms with Crippen LogP contribution >= 0.6 is 0 Å². The molecule has 7 heteroatoms. The average Bonchev–Trinajstić information content (AvgIpc) is 2.67. The third kappa shape index (κ3) is 2.94. The highest BCUT2D eigenvalue weighted by Crippen LogP contribution is 2.15. The smallest absolute Gasteiger partial charge is 0.322 e. The van der Waals surface area contributed by atoms with E-state index in [4.69, 9.17) is 9.47 Å². The Labute approximate surface area is 100 Å². The molecule has 0 unspecified atom stereocenters. The number of hydrogen-bond acceptors (Lipinski definition) is 7. The van der Waals surface area contributed by atoms with Gasteiger partial charge in [0.25, 0.3) is 0 Å². The lowest BCUT2D eigenvalue weighted by molar-refractivity contribution is 0.152. The van der Waals surface area contributed by atoms with E-state index in [9.17, 15) is 0 Å². The summed E-state index contributed by atoms with van der Waals surface area (Å²) >= 11 is 0. The van der Waals surface area contributed by atoms with Gasteiger partial charge in [-0.3, -0.25) is 0 Å². The highest BCUT2D eigenvalue weighted by molar-refractivity contribution is 5.38. The molecule has 0 aliphatic carbocycles. The van der Waals surface area contributed by atoms with Crippen LogP contribution in [-0.2, 0) is 4.74 Å². The molecule has 17 heavy (non-hydrogen) atoms. The summed E-state index contributed by atoms with van der Waals surface area (Å²) in [5.74, 6) is 1.14. The third-order valence-corrected chi connectivity index (χ3v) is 2.51. The summed E-state index contributed by atoms with van der Waals surface area (Å²) in [4.78, 5) is 14.7. The predicted molar refractivity (Wildman–Crippen MR) is 63.6 cm³/mol. The molecule has 1 saturated heterocycles. The van der Waals surface area contributed by atoms with Crippen molar-refractivity contribution in [1.29, 1.82) is 0 Å². The number of aromatic nitrogens is 3. The molecule has 0 aromatic carbocycles. The van der Waals surface area contributed by atoms with E-state index < -0.39 is 0 Å². The van der Waals surface area contributed by atoms with E-state index in [1.165, 1.54) is 0 Å². The Balaban J connectivity index is 2.22. The molecular weight excluding hydrogens is 222 g/mol. The van der Waals surface area contributed by atoms with E-state index >= 15 is 0 Å². The zero-order valence-electron chi connectivity index (χ0n) is 10.1. The van der Waals surface area contributed by atoms with Crippen molar-refractivity contribution in [3.63, 3.8) is 0 Å². The van der Waals surface area contributed by atoms with Crippen molar-refractivity contribution in [2.45, 2.75) is 6.42 Å². The highest BCUT2D eigenvalue weighted by atomic mass is 16.5. The van der Waals surface area contributed by atoms with Crippen LogP contribution in [0.15, 0.2) is 0 Å². The van der Waals surface area contributed by atoms with Gasteiger partial charge in [-0.25, -0.2) is 0 Å². The van der Waals surface area contributed by atoms with Gasteiger partial charge in [0.05, 0.1) is 13.7 Å². The first-order chi connectivity index (χ1) is 8.33. The molecule has 1 aliphatic rings. The van der Waals surface area contributed by atoms with Gasteiger partial charge in [0.1, 0.15) is 0 Å². The van der Waals surface area contributed by atoms with Gasteiger partial charge in [-0.05, 0) is 6.42 Å². The SMILES string of the molecule is CNc1nc(OC)nc(N2CCCOCC2)n1. The number of ether oxygens (including phenoxy) is 2. The van der Waals surface area contributed by atoms with Gasteiger partial charge < -0.3 is 19.7 Å². The van der Waals surface area contributed by atoms with Gasteiger partial charge in [0.2, 0.25) is 11.9 Å². The Bertz CT molecular complexity index is 343. The fraction of sp³-hybridized carbons (Fsp3) is 0.700. The van der Waals surface area contributed by atoms with Gasteiger partial charge in [-0.15, -0.1) is 0 Å². The zero-order chi connectivity index (χ0) is 12.1. The number of rotatable bonds is 3. The largest absolute Gasteiger partial charge is 0.467 e. The lowest BCUT2D eigenvalue weighted by Crippen LogP contribution is -2.28. The molecule has 94 valence electrons. The summed E-state index contributed by atoms with van der Waals surface area (Å²) < 4.78 is 10.5. The van der Waals surface area contributed by atoms with E-state index in [2.05, 4.69) is 25.2 Å². The van der Waals surface area contributed by atoms with Crippen LogP contribution in [0.1, 0.15) is 6.42 Å². The van der Waals surface area contributed by atoms with Crippen LogP contribution in [0, 0.1) is 0 Å². The fourth-order valence-electron chi connectivity index (χ4n) is 1.64. The van der Waals surface area contributed by atoms with Crippen molar-refractivity contribution >= 4 is 11.9 Å². The molecule has 7 nitrogen and oxygen atoms in total. The van der Waals surface area contributed by atoms with Crippen LogP contribution in [0.2, 0.25) is 0 Å². The molecule has 1 aromatic heterocycles. The summed E-state index contributed by atoms with van der Waals surface area (Å²) in [7, 11) is 3.31. The number of hydrogen-bond donors (Lipinski definition) is 1. The second-order valence-electron chi connectivity index (χ2n) is 3.65. The van der Waals surface area contributed by atoms with E-state index in [-0.39, 0.29) is 0 Å². The first kappa shape index (κ1) is 11.8. The van der Waals surface area contributed by atoms with Crippen LogP contribution in [0.3, 0.4) is 0 Å². The van der Waals surface area contributed by atoms with Gasteiger partial charge >= 0.3 is 6.01 Å². The van der Waals surface area contributed by atoms with Crippen LogP contribution in [0.4, 0.5) is 11.9 Å². The molecule has 1 aliphatic heterocycles. The molecule has 1 aromatic rings. The van der Waals surface area contributed by atoms with E-state index in [0.29, 0.717) is 24.5 Å². The predicted octanol–water partition coefficient (Wildman–Crippen LogP) is 0.149.